The van der Waals surface area contributed by atoms with E-state index < -0.39 is 97.4 Å². The third-order valence-corrected chi connectivity index (χ3v) is 32.0. The second kappa shape index (κ2) is 52.8. The number of hydrogen-bond acceptors (Lipinski definition) is 2. The van der Waals surface area contributed by atoms with E-state index in [1.807, 2.05) is 24.3 Å². The molecule has 0 saturated heterocycles. The summed E-state index contributed by atoms with van der Waals surface area (Å²) in [6.45, 7) is 11.8. The van der Waals surface area contributed by atoms with Crippen molar-refractivity contribution in [1.82, 2.24) is 0 Å². The van der Waals surface area contributed by atoms with Crippen LogP contribution in [0.25, 0.3) is 0 Å². The summed E-state index contributed by atoms with van der Waals surface area (Å²) >= 11 is -1.09. The molecule has 113 heavy (non-hydrogen) atoms. The molecule has 12 rings (SSSR count). The SMILES string of the molecule is COc1ccc(Pc2ccc(OC)cc2)cc1.C[Si](C)(C)P(c1ccccc1)c1ccccc1.Cc1ccccc1Pc1ccccc1C.FC(F)(F)P(c1ccccc1)C(F)(F)F.FC(F)(F)P(c1ccccc1)C(F)(F)F.[CH3][Sn]([CH3])[CH3].[CH3][Sn]([CH3])[CH3].c1ccc(Pc2ccccc2)cc1.c1ccc(Pc2ccccc2)cc1. The van der Waals surface area contributed by atoms with Crippen LogP contribution in [0.3, 0.4) is 0 Å². The third-order valence-electron chi connectivity index (χ3n) is 14.4. The molecule has 0 fully saturated rings. The Morgan fingerprint density at radius 3 is 0.637 bits per heavy atom. The van der Waals surface area contributed by atoms with Crippen LogP contribution in [0.1, 0.15) is 11.1 Å². The van der Waals surface area contributed by atoms with Crippen molar-refractivity contribution in [3.8, 4) is 11.5 Å². The zero-order valence-corrected chi connectivity index (χ0v) is 78.9. The van der Waals surface area contributed by atoms with E-state index in [4.69, 9.17) is 9.47 Å². The van der Waals surface area contributed by atoms with Crippen molar-refractivity contribution in [3.63, 3.8) is 0 Å². The van der Waals surface area contributed by atoms with Gasteiger partial charge >= 0.3 is 92.8 Å². The molecule has 12 aromatic carbocycles. The Bertz CT molecular complexity index is 4070. The predicted octanol–water partition coefficient (Wildman–Crippen LogP) is 24.3. The van der Waals surface area contributed by atoms with E-state index in [0.29, 0.717) is 8.58 Å². The number of rotatable bonds is 15. The molecule has 0 atom stereocenters. The first-order chi connectivity index (χ1) is 53.5. The number of hydrogen-bond donors (Lipinski definition) is 0. The fourth-order valence-electron chi connectivity index (χ4n) is 9.61. The van der Waals surface area contributed by atoms with Crippen LogP contribution < -0.4 is 73.1 Å². The van der Waals surface area contributed by atoms with Gasteiger partial charge in [-0.3, -0.25) is 0 Å². The molecule has 12 aromatic rings. The van der Waals surface area contributed by atoms with Crippen molar-refractivity contribution in [2.45, 2.75) is 86.8 Å². The number of ether oxygens (including phenoxy) is 2. The Balaban J connectivity index is 0.000000274. The first kappa shape index (κ1) is 99.6. The van der Waals surface area contributed by atoms with Gasteiger partial charge in [-0.1, -0.05) is 377 Å². The van der Waals surface area contributed by atoms with E-state index in [2.05, 4.69) is 318 Å². The van der Waals surface area contributed by atoms with Gasteiger partial charge in [0.15, 0.2) is 0 Å². The average Bonchev–Trinajstić information content (AvgIpc) is 0.806. The van der Waals surface area contributed by atoms with Crippen molar-refractivity contribution >= 4 is 169 Å². The molecular formula is C89H99F12O2P7SiSn2. The molecule has 0 aliphatic carbocycles. The van der Waals surface area contributed by atoms with Gasteiger partial charge in [-0.25, -0.2) is 0 Å². The molecule has 0 amide bonds. The summed E-state index contributed by atoms with van der Waals surface area (Å²) in [4.78, 5) is 14.2. The van der Waals surface area contributed by atoms with Crippen molar-refractivity contribution in [2.75, 3.05) is 14.2 Å². The molecule has 0 aromatic heterocycles. The fourth-order valence-corrected chi connectivity index (χ4v) is 24.9. The van der Waals surface area contributed by atoms with E-state index in [9.17, 15) is 52.7 Å². The molecule has 24 heteroatoms. The summed E-state index contributed by atoms with van der Waals surface area (Å²) in [5.74, 6) is -19.2. The monoisotopic (exact) mass is 1910 g/mol. The zero-order valence-electron chi connectivity index (χ0n) is 65.5. The summed E-state index contributed by atoms with van der Waals surface area (Å²) in [7, 11) is -3.28. The molecule has 2 radical (unpaired) electrons. The van der Waals surface area contributed by atoms with Crippen LogP contribution in [0.15, 0.2) is 340 Å². The summed E-state index contributed by atoms with van der Waals surface area (Å²) in [5, 5.41) is 12.7. The summed E-state index contributed by atoms with van der Waals surface area (Å²) < 4.78 is 157. The van der Waals surface area contributed by atoms with E-state index >= 15 is 0 Å². The van der Waals surface area contributed by atoms with Gasteiger partial charge in [-0.15, -0.1) is 0 Å². The molecule has 0 N–H and O–H groups in total. The average molecular weight is 1910 g/mol. The minimum atomic E-state index is -5.26. The first-order valence-electron chi connectivity index (χ1n) is 35.6. The van der Waals surface area contributed by atoms with Crippen LogP contribution in [0.4, 0.5) is 52.7 Å². The van der Waals surface area contributed by atoms with Gasteiger partial charge in [0.25, 0.3) is 0 Å². The molecule has 598 valence electrons. The second-order valence-electron chi connectivity index (χ2n) is 26.4. The first-order valence-corrected chi connectivity index (χ1v) is 65.1. The van der Waals surface area contributed by atoms with Gasteiger partial charge in [0.05, 0.1) is 22.0 Å². The van der Waals surface area contributed by atoms with Crippen LogP contribution in [0.2, 0.25) is 49.3 Å². The largest absolute Gasteiger partial charge is 0.0622 e. The molecule has 0 bridgehead atoms. The number of methoxy groups -OCH3 is 2. The van der Waals surface area contributed by atoms with Crippen LogP contribution in [0, 0.1) is 13.8 Å². The Hall–Kier alpha value is -5.78. The van der Waals surface area contributed by atoms with Crippen LogP contribution >= 0.6 is 57.6 Å². The molecular weight excluding hydrogens is 1810 g/mol. The van der Waals surface area contributed by atoms with Gasteiger partial charge in [-0.2, -0.15) is 52.7 Å². The van der Waals surface area contributed by atoms with E-state index in [-0.39, 0.29) is 7.47 Å². The number of halogens is 12. The molecule has 0 unspecified atom stereocenters. The van der Waals surface area contributed by atoms with Crippen LogP contribution in [0.5, 0.6) is 11.5 Å². The van der Waals surface area contributed by atoms with E-state index in [1.165, 1.54) is 76.3 Å². The van der Waals surface area contributed by atoms with Crippen LogP contribution in [-0.2, 0) is 0 Å². The Morgan fingerprint density at radius 2 is 0.442 bits per heavy atom. The maximum absolute atomic E-state index is 12.2. The number of alkyl halides is 12. The second-order valence-corrected chi connectivity index (χ2v) is 64.9. The minimum absolute atomic E-state index is 0.153. The molecule has 0 saturated carbocycles. The van der Waals surface area contributed by atoms with Gasteiger partial charge in [0.2, 0.25) is 0 Å². The third kappa shape index (κ3) is 41.8. The Labute approximate surface area is 688 Å². The Morgan fingerprint density at radius 1 is 0.257 bits per heavy atom. The maximum atomic E-state index is 12.2. The van der Waals surface area contributed by atoms with Gasteiger partial charge in [0.1, 0.15) is 27.3 Å². The quantitative estimate of drug-likeness (QED) is 0.0579. The number of aryl methyl sites for hydroxylation is 2. The number of benzene rings is 12. The predicted molar refractivity (Wildman–Crippen MR) is 484 cm³/mol. The Kier molecular flexibility index (Phi) is 46.5. The van der Waals surface area contributed by atoms with Crippen molar-refractivity contribution < 1.29 is 62.2 Å². The van der Waals surface area contributed by atoms with E-state index in [1.54, 1.807) is 14.2 Å². The standard InChI is InChI=1S/C15H19PSi.C14H15O2P.C14H15P.2C12H11P.2C8H5F6P.6CH3.2Sn/c1-17(2,3)16(14-10-6-4-7-11-14)15-12-8-5-9-13-15;1-15-11-3-7-13(8-4-11)17-14-9-5-12(16-2)6-10-14;1-11-7-3-5-9-13(11)15-14-10-6-4-8-12(14)2;2*1-3-7-11(8-4-1)13-12-9-5-2-6-10-12;2*9-7(10,11)15(8(12,13)14)6-4-2-1-3-5-6;;;;;;;;/h4-13H,1-3H3;3-10,17H,1-2H3;3-10,15H,1-2H3;2*1-10,13H;2*1-5H;6*1H3;;. The zero-order chi connectivity index (χ0) is 83.5. The van der Waals surface area contributed by atoms with Gasteiger partial charge < -0.3 is 9.47 Å². The smallest absolute Gasteiger partial charge is 0.0226 e. The summed E-state index contributed by atoms with van der Waals surface area (Å²) in [6, 6.07) is 109. The van der Waals surface area contributed by atoms with Gasteiger partial charge in [-0.05, 0) is 113 Å². The molecule has 0 aliphatic heterocycles. The molecule has 0 aliphatic rings. The topological polar surface area (TPSA) is 18.5 Å². The van der Waals surface area contributed by atoms with E-state index in [0.717, 1.165) is 85.8 Å². The van der Waals surface area contributed by atoms with Crippen molar-refractivity contribution in [3.05, 3.63) is 351 Å². The summed E-state index contributed by atoms with van der Waals surface area (Å²) in [6.07, 6.45) is 0. The van der Waals surface area contributed by atoms with Crippen molar-refractivity contribution in [1.29, 1.82) is 0 Å². The van der Waals surface area contributed by atoms with Gasteiger partial charge in [0, 0.05) is 0 Å². The van der Waals surface area contributed by atoms with Crippen LogP contribution in [-0.4, -0.2) is 85.1 Å². The molecule has 2 nitrogen and oxygen atoms in total. The maximum Gasteiger partial charge on any atom is -0.0226 e. The summed E-state index contributed by atoms with van der Waals surface area (Å²) in [5.41, 5.74) is 2.78. The minimum Gasteiger partial charge on any atom is -0.0622 e. The molecule has 0 spiro atoms. The van der Waals surface area contributed by atoms with Crippen molar-refractivity contribution in [2.24, 2.45) is 0 Å². The fraction of sp³-hybridized carbons (Fsp3) is 0.191. The molecule has 0 heterocycles. The normalized spacial score (nSPS) is 11.1.